The van der Waals surface area contributed by atoms with Crippen molar-refractivity contribution in [2.75, 3.05) is 5.73 Å². The Hall–Kier alpha value is -6.70. The van der Waals surface area contributed by atoms with E-state index in [4.69, 9.17) is 41.1 Å². The Labute approximate surface area is 406 Å². The van der Waals surface area contributed by atoms with Crippen LogP contribution in [-0.2, 0) is 37.2 Å². The van der Waals surface area contributed by atoms with Crippen LogP contribution < -0.4 is 22.9 Å². The first-order chi connectivity index (χ1) is 32.7. The number of anilines is 1. The van der Waals surface area contributed by atoms with Crippen molar-refractivity contribution in [3.8, 4) is 0 Å². The molecule has 6 atom stereocenters. The smallest absolute Gasteiger partial charge is 0.425 e. The maximum Gasteiger partial charge on any atom is 0.425 e. The highest BCUT2D eigenvalue weighted by Gasteiger charge is 2.52. The van der Waals surface area contributed by atoms with E-state index in [1.54, 1.807) is 0 Å². The topological polar surface area (TPSA) is 242 Å². The molecule has 0 aliphatic carbocycles. The maximum atomic E-state index is 14.5. The standard InChI is InChI=1S/C19H14ClF4N5O2.C11H10BrF4N3O.C11H12F4N4O/c1-18(6-14(19(22,23)24)31-17(25)29-18)11-3-9(7-28-16(11)21)4-13(30)15-12(20)5-10(26-2)8-27-15;1-10(6-2-5(12)4-18-8(6)13)3-7(11(14,15)16)20-9(17)19-10;1-10(6-2-5(16)4-18-8(6)12)3-7(11(13,14)15)20-9(17)19-10/h3,5,7-8,14H,4,6H2,1H3,(H2,25,29);2,4,7H,3H2,1H3,(H2,17,19);2,4,7H,3,16H2,1H3,(H2,17,19)/t14-,18-;2*7-,10-/m000/s1. The van der Waals surface area contributed by atoms with Crippen molar-refractivity contribution in [2.45, 2.75) is 99.9 Å². The van der Waals surface area contributed by atoms with Crippen LogP contribution in [0, 0.1) is 24.4 Å². The van der Waals surface area contributed by atoms with Crippen LogP contribution in [0.15, 0.2) is 68.5 Å². The van der Waals surface area contributed by atoms with Gasteiger partial charge in [0, 0.05) is 65.4 Å². The number of amidine groups is 3. The molecule has 8 N–H and O–H groups in total. The monoisotopic (exact) mass is 1100 g/mol. The molecule has 382 valence electrons. The minimum Gasteiger partial charge on any atom is -0.452 e. The summed E-state index contributed by atoms with van der Waals surface area (Å²) in [6.07, 6.45) is -18.2. The molecule has 0 amide bonds. The fourth-order valence-corrected chi connectivity index (χ4v) is 7.82. The second-order valence-corrected chi connectivity index (χ2v) is 17.6. The number of nitrogens with zero attached hydrogens (tertiary/aromatic N) is 8. The van der Waals surface area contributed by atoms with E-state index < -0.39 is 114 Å². The molecular formula is C41H36BrClF12N12O4. The van der Waals surface area contributed by atoms with Crippen molar-refractivity contribution in [3.05, 3.63) is 116 Å². The lowest BCUT2D eigenvalue weighted by Crippen LogP contribution is -2.46. The summed E-state index contributed by atoms with van der Waals surface area (Å²) < 4.78 is 172. The number of carbonyl (C=O) groups is 1. The zero-order valence-corrected chi connectivity index (χ0v) is 38.8. The Kier molecular flexibility index (Phi) is 16.0. The minimum absolute atomic E-state index is 0.0319. The zero-order valence-electron chi connectivity index (χ0n) is 36.5. The molecule has 16 nitrogen and oxygen atoms in total. The molecule has 0 spiro atoms. The molecule has 71 heavy (non-hydrogen) atoms. The lowest BCUT2D eigenvalue weighted by atomic mass is 9.85. The van der Waals surface area contributed by atoms with Gasteiger partial charge in [0.25, 0.3) is 18.1 Å². The zero-order chi connectivity index (χ0) is 53.2. The van der Waals surface area contributed by atoms with Gasteiger partial charge in [-0.3, -0.25) is 9.78 Å². The van der Waals surface area contributed by atoms with Crippen LogP contribution >= 0.6 is 27.5 Å². The third-order valence-corrected chi connectivity index (χ3v) is 11.3. The second-order valence-electron chi connectivity index (χ2n) is 16.2. The van der Waals surface area contributed by atoms with E-state index in [9.17, 15) is 57.5 Å². The van der Waals surface area contributed by atoms with Crippen LogP contribution in [0.25, 0.3) is 4.85 Å². The summed E-state index contributed by atoms with van der Waals surface area (Å²) >= 11 is 9.08. The number of aliphatic imine (C=N–C) groups is 3. The third kappa shape index (κ3) is 13.4. The Morgan fingerprint density at radius 1 is 0.662 bits per heavy atom. The summed E-state index contributed by atoms with van der Waals surface area (Å²) in [5.74, 6) is -3.43. The quantitative estimate of drug-likeness (QED) is 0.0614. The average molecular weight is 1100 g/mol. The number of nitrogens with two attached hydrogens (primary N) is 4. The van der Waals surface area contributed by atoms with Gasteiger partial charge in [-0.2, -0.15) is 52.7 Å². The van der Waals surface area contributed by atoms with Crippen molar-refractivity contribution in [1.29, 1.82) is 0 Å². The molecule has 0 radical (unpaired) electrons. The molecule has 4 aromatic rings. The Morgan fingerprint density at radius 3 is 1.46 bits per heavy atom. The molecule has 3 aliphatic heterocycles. The first kappa shape index (κ1) is 55.2. The van der Waals surface area contributed by atoms with E-state index in [0.29, 0.717) is 4.47 Å². The van der Waals surface area contributed by atoms with Gasteiger partial charge >= 0.3 is 18.5 Å². The van der Waals surface area contributed by atoms with E-state index in [0.717, 1.165) is 12.4 Å². The Bertz CT molecular complexity index is 2710. The van der Waals surface area contributed by atoms with E-state index in [-0.39, 0.29) is 50.8 Å². The van der Waals surface area contributed by atoms with Crippen LogP contribution in [0.1, 0.15) is 72.8 Å². The summed E-state index contributed by atoms with van der Waals surface area (Å²) in [4.78, 5) is 41.5. The molecule has 0 fully saturated rings. The van der Waals surface area contributed by atoms with Gasteiger partial charge in [0.1, 0.15) is 5.69 Å². The van der Waals surface area contributed by atoms with Crippen LogP contribution in [-0.4, -0.2) is 80.6 Å². The number of halogens is 14. The predicted octanol–water partition coefficient (Wildman–Crippen LogP) is 8.67. The van der Waals surface area contributed by atoms with Gasteiger partial charge in [-0.15, -0.1) is 0 Å². The highest BCUT2D eigenvalue weighted by atomic mass is 79.9. The number of ketones is 1. The molecule has 0 unspecified atom stereocenters. The highest BCUT2D eigenvalue weighted by molar-refractivity contribution is 9.10. The average Bonchev–Trinajstić information content (AvgIpc) is 3.24. The Balaban J connectivity index is 0.000000206. The maximum absolute atomic E-state index is 14.5. The van der Waals surface area contributed by atoms with Gasteiger partial charge in [0.15, 0.2) is 24.1 Å². The van der Waals surface area contributed by atoms with Crippen molar-refractivity contribution in [2.24, 2.45) is 32.2 Å². The molecule has 0 aromatic carbocycles. The largest absolute Gasteiger partial charge is 0.452 e. The fraction of sp³-hybridized carbons (Fsp3) is 0.390. The van der Waals surface area contributed by atoms with Crippen molar-refractivity contribution in [1.82, 2.24) is 19.9 Å². The van der Waals surface area contributed by atoms with E-state index in [1.807, 2.05) is 0 Å². The summed E-state index contributed by atoms with van der Waals surface area (Å²) in [6, 6.07) is 3.00. The van der Waals surface area contributed by atoms with Crippen molar-refractivity contribution in [3.63, 3.8) is 0 Å². The van der Waals surface area contributed by atoms with Gasteiger partial charge in [-0.05, 0) is 66.5 Å². The van der Waals surface area contributed by atoms with E-state index in [1.165, 1.54) is 57.4 Å². The number of pyridine rings is 4. The van der Waals surface area contributed by atoms with E-state index in [2.05, 4.69) is 69.9 Å². The van der Waals surface area contributed by atoms with Gasteiger partial charge in [0.05, 0.1) is 40.1 Å². The highest BCUT2D eigenvalue weighted by Crippen LogP contribution is 2.44. The number of nitrogen functional groups attached to an aromatic ring is 1. The number of hydrogen-bond acceptors (Lipinski definition) is 15. The number of carbonyl (C=O) groups excluding carboxylic acids is 1. The normalized spacial score (nSPS) is 24.3. The molecule has 7 heterocycles. The lowest BCUT2D eigenvalue weighted by Gasteiger charge is -2.35. The summed E-state index contributed by atoms with van der Waals surface area (Å²) in [5, 5.41) is -0.0319. The Morgan fingerprint density at radius 2 is 1.06 bits per heavy atom. The number of rotatable bonds is 6. The van der Waals surface area contributed by atoms with Gasteiger partial charge < -0.3 is 37.1 Å². The SMILES string of the molecule is C[C@@]1(c2cc(Br)cnc2F)C[C@@H](C(F)(F)F)OC(N)=N1.C[C@@]1(c2cc(N)cnc2F)C[C@@H](C(F)(F)F)OC(N)=N1.[C-]#[N+]c1cnc(C(=O)Cc2cnc(F)c([C@]3(C)C[C@@H](C(F)(F)F)OC(N)=N3)c2)c(Cl)c1. The molecule has 0 saturated heterocycles. The molecule has 0 bridgehead atoms. The number of Topliss-reactive ketones (excluding diaryl/α,β-unsaturated/α-hetero) is 1. The summed E-state index contributed by atoms with van der Waals surface area (Å²) in [6.45, 7) is 10.9. The first-order valence-electron chi connectivity index (χ1n) is 19.9. The van der Waals surface area contributed by atoms with Gasteiger partial charge in [-0.25, -0.2) is 34.8 Å². The number of ether oxygens (including phenoxy) is 3. The predicted molar refractivity (Wildman–Crippen MR) is 232 cm³/mol. The van der Waals surface area contributed by atoms with Gasteiger partial charge in [-0.1, -0.05) is 11.6 Å². The summed E-state index contributed by atoms with van der Waals surface area (Å²) in [7, 11) is 0. The second kappa shape index (κ2) is 20.6. The number of hydrogen-bond donors (Lipinski definition) is 4. The first-order valence-corrected chi connectivity index (χ1v) is 21.0. The molecule has 30 heteroatoms. The molecule has 3 aliphatic rings. The van der Waals surface area contributed by atoms with E-state index >= 15 is 0 Å². The molecule has 0 saturated carbocycles. The minimum atomic E-state index is -4.74. The fourth-order valence-electron chi connectivity index (χ4n) is 7.22. The van der Waals surface area contributed by atoms with Crippen LogP contribution in [0.2, 0.25) is 5.02 Å². The van der Waals surface area contributed by atoms with Gasteiger partial charge in [0.2, 0.25) is 23.5 Å². The molecule has 7 rings (SSSR count). The van der Waals surface area contributed by atoms with Crippen LogP contribution in [0.3, 0.4) is 0 Å². The van der Waals surface area contributed by atoms with Crippen LogP contribution in [0.4, 0.5) is 64.1 Å². The summed E-state index contributed by atoms with van der Waals surface area (Å²) in [5.41, 5.74) is 16.6. The third-order valence-electron chi connectivity index (χ3n) is 10.6. The van der Waals surface area contributed by atoms with Crippen molar-refractivity contribution < 1.29 is 71.7 Å². The number of aromatic nitrogens is 4. The van der Waals surface area contributed by atoms with Crippen LogP contribution in [0.5, 0.6) is 0 Å². The lowest BCUT2D eigenvalue weighted by molar-refractivity contribution is -0.208. The van der Waals surface area contributed by atoms with Crippen molar-refractivity contribution >= 4 is 62.8 Å². The molecule has 4 aromatic heterocycles. The number of alkyl halides is 9. The molecular weight excluding hydrogens is 1070 g/mol.